The van der Waals surface area contributed by atoms with Crippen molar-refractivity contribution in [1.29, 1.82) is 5.26 Å². The van der Waals surface area contributed by atoms with Crippen molar-refractivity contribution in [3.05, 3.63) is 24.3 Å². The summed E-state index contributed by atoms with van der Waals surface area (Å²) in [4.78, 5) is 12.5. The molecule has 0 bridgehead atoms. The maximum absolute atomic E-state index is 8.91. The summed E-state index contributed by atoms with van der Waals surface area (Å²) in [5.74, 6) is 1.68. The van der Waals surface area contributed by atoms with E-state index in [1.54, 1.807) is 0 Å². The third kappa shape index (κ3) is 2.45. The van der Waals surface area contributed by atoms with E-state index in [-0.39, 0.29) is 0 Å². The Morgan fingerprint density at radius 3 is 2.91 bits per heavy atom. The fourth-order valence-corrected chi connectivity index (χ4v) is 4.20. The molecule has 3 aromatic rings. The Balaban J connectivity index is 1.79. The van der Waals surface area contributed by atoms with Crippen LogP contribution < -0.4 is 0 Å². The molecule has 114 valence electrons. The highest BCUT2D eigenvalue weighted by Gasteiger charge is 2.26. The van der Waals surface area contributed by atoms with Gasteiger partial charge in [-0.05, 0) is 37.7 Å². The zero-order valence-electron chi connectivity index (χ0n) is 13.0. The first-order valence-electron chi connectivity index (χ1n) is 8.21. The lowest BCUT2D eigenvalue weighted by atomic mass is 9.84. The van der Waals surface area contributed by atoms with Gasteiger partial charge in [-0.2, -0.15) is 5.26 Å². The molecule has 2 radical (unpaired) electrons. The summed E-state index contributed by atoms with van der Waals surface area (Å²) < 4.78 is 2.43. The zero-order valence-corrected chi connectivity index (χ0v) is 14.2. The number of imidazole rings is 1. The molecule has 0 atom stereocenters. The molecule has 3 heterocycles. The Labute approximate surface area is 143 Å². The topological polar surface area (TPSA) is 70.3 Å². The Morgan fingerprint density at radius 2 is 2.17 bits per heavy atom. The standard InChI is InChI=1S/C17H18N5.Al/c1-11-21-15-10-20-17-14(7-9-19-17)16(15)22(11)13-4-2-12(3-5-13)6-8-18;/h7,9-10,12-13H,1-6H2,(H,19,20);. The van der Waals surface area contributed by atoms with Crippen LogP contribution in [0.2, 0.25) is 0 Å². The number of hydrogen-bond donors (Lipinski definition) is 1. The molecule has 0 aliphatic heterocycles. The van der Waals surface area contributed by atoms with Gasteiger partial charge >= 0.3 is 0 Å². The van der Waals surface area contributed by atoms with E-state index in [9.17, 15) is 0 Å². The van der Waals surface area contributed by atoms with Crippen LogP contribution in [-0.2, 0) is 5.28 Å². The normalized spacial score (nSPS) is 21.7. The van der Waals surface area contributed by atoms with Crippen LogP contribution in [0, 0.1) is 17.2 Å². The van der Waals surface area contributed by atoms with Crippen molar-refractivity contribution in [3.8, 4) is 6.07 Å². The number of rotatable bonds is 3. The van der Waals surface area contributed by atoms with Crippen molar-refractivity contribution >= 4 is 38.4 Å². The number of aromatic nitrogens is 4. The zero-order chi connectivity index (χ0) is 15.8. The maximum Gasteiger partial charge on any atom is 0.139 e. The highest BCUT2D eigenvalue weighted by molar-refractivity contribution is 6.08. The van der Waals surface area contributed by atoms with Crippen molar-refractivity contribution in [2.24, 2.45) is 5.92 Å². The molecule has 1 aliphatic carbocycles. The monoisotopic (exact) mass is 319 g/mol. The smallest absolute Gasteiger partial charge is 0.139 e. The van der Waals surface area contributed by atoms with E-state index in [0.29, 0.717) is 18.4 Å². The van der Waals surface area contributed by atoms with Crippen LogP contribution in [0.4, 0.5) is 0 Å². The summed E-state index contributed by atoms with van der Waals surface area (Å²) in [7, 11) is 0. The molecule has 6 heteroatoms. The Morgan fingerprint density at radius 1 is 1.35 bits per heavy atom. The molecule has 1 fully saturated rings. The highest BCUT2D eigenvalue weighted by Crippen LogP contribution is 2.37. The van der Waals surface area contributed by atoms with Gasteiger partial charge in [-0.25, -0.2) is 9.97 Å². The van der Waals surface area contributed by atoms with Crippen LogP contribution in [0.25, 0.3) is 22.1 Å². The average molecular weight is 319 g/mol. The van der Waals surface area contributed by atoms with Gasteiger partial charge in [0, 0.05) is 24.0 Å². The predicted octanol–water partition coefficient (Wildman–Crippen LogP) is 3.23. The maximum atomic E-state index is 8.91. The summed E-state index contributed by atoms with van der Waals surface area (Å²) in [5, 5.41) is 10.9. The second-order valence-electron chi connectivity index (χ2n) is 6.37. The van der Waals surface area contributed by atoms with Gasteiger partial charge in [0.05, 0.1) is 23.6 Å². The van der Waals surface area contributed by atoms with Crippen LogP contribution in [0.3, 0.4) is 0 Å². The minimum absolute atomic E-state index is 0.478. The minimum Gasteiger partial charge on any atom is -0.346 e. The first-order valence-corrected chi connectivity index (χ1v) is 9.03. The van der Waals surface area contributed by atoms with Gasteiger partial charge in [-0.15, -0.1) is 0 Å². The molecule has 0 saturated heterocycles. The predicted molar refractivity (Wildman–Crippen MR) is 90.1 cm³/mol. The van der Waals surface area contributed by atoms with Crippen molar-refractivity contribution in [2.45, 2.75) is 43.4 Å². The largest absolute Gasteiger partial charge is 0.346 e. The van der Waals surface area contributed by atoms with Crippen molar-refractivity contribution < 1.29 is 0 Å². The van der Waals surface area contributed by atoms with Gasteiger partial charge in [0.2, 0.25) is 0 Å². The number of pyridine rings is 1. The summed E-state index contributed by atoms with van der Waals surface area (Å²) >= 11 is 2.80. The molecule has 0 spiro atoms. The molecule has 0 aromatic carbocycles. The van der Waals surface area contributed by atoms with E-state index in [2.05, 4.69) is 43.0 Å². The number of nitriles is 1. The summed E-state index contributed by atoms with van der Waals surface area (Å²) in [5.41, 5.74) is 3.11. The van der Waals surface area contributed by atoms with Crippen LogP contribution in [0.5, 0.6) is 0 Å². The molecule has 5 nitrogen and oxygen atoms in total. The third-order valence-electron chi connectivity index (χ3n) is 5.05. The van der Waals surface area contributed by atoms with E-state index in [1.165, 1.54) is 5.52 Å². The van der Waals surface area contributed by atoms with Crippen LogP contribution >= 0.6 is 0 Å². The lowest BCUT2D eigenvalue weighted by Gasteiger charge is -2.30. The van der Waals surface area contributed by atoms with Crippen molar-refractivity contribution in [2.75, 3.05) is 0 Å². The second-order valence-corrected chi connectivity index (χ2v) is 6.78. The molecule has 1 aliphatic rings. The van der Waals surface area contributed by atoms with Gasteiger partial charge in [-0.3, -0.25) is 0 Å². The number of nitrogens with zero attached hydrogens (tertiary/aromatic N) is 4. The Hall–Kier alpha value is -1.82. The minimum atomic E-state index is 0.478. The lowest BCUT2D eigenvalue weighted by molar-refractivity contribution is 0.279. The summed E-state index contributed by atoms with van der Waals surface area (Å²) in [6.07, 6.45) is 9.03. The molecule has 1 N–H and O–H groups in total. The molecular weight excluding hydrogens is 301 g/mol. The van der Waals surface area contributed by atoms with E-state index >= 15 is 0 Å². The number of H-pyrrole nitrogens is 1. The van der Waals surface area contributed by atoms with Crippen LogP contribution in [0.15, 0.2) is 18.5 Å². The lowest BCUT2D eigenvalue weighted by Crippen LogP contribution is -2.20. The van der Waals surface area contributed by atoms with Crippen LogP contribution in [-0.4, -0.2) is 35.8 Å². The SMILES string of the molecule is N#CCC1CCC(n2c([CH2][Al])nc3cnc4[nH]ccc4c32)CC1. The molecule has 3 aromatic heterocycles. The first-order chi connectivity index (χ1) is 11.3. The van der Waals surface area contributed by atoms with E-state index < -0.39 is 0 Å². The fraction of sp³-hybridized carbons (Fsp3) is 0.471. The Kier molecular flexibility index (Phi) is 3.85. The second kappa shape index (κ2) is 6.00. The quantitative estimate of drug-likeness (QED) is 0.754. The van der Waals surface area contributed by atoms with Gasteiger partial charge in [-0.1, -0.05) is 5.28 Å². The molecular formula is C17H18AlN5. The third-order valence-corrected chi connectivity index (χ3v) is 5.42. The van der Waals surface area contributed by atoms with Gasteiger partial charge in [0.15, 0.2) is 0 Å². The van der Waals surface area contributed by atoms with E-state index in [0.717, 1.165) is 53.3 Å². The number of aromatic amines is 1. The van der Waals surface area contributed by atoms with E-state index in [1.807, 2.05) is 12.4 Å². The first kappa shape index (κ1) is 14.8. The summed E-state index contributed by atoms with van der Waals surface area (Å²) in [6, 6.07) is 4.90. The fourth-order valence-electron chi connectivity index (χ4n) is 3.91. The molecule has 23 heavy (non-hydrogen) atoms. The number of nitrogens with one attached hydrogen (secondary N) is 1. The van der Waals surface area contributed by atoms with Gasteiger partial charge in [0.1, 0.15) is 27.5 Å². The highest BCUT2D eigenvalue weighted by atomic mass is 27.0. The van der Waals surface area contributed by atoms with E-state index in [4.69, 9.17) is 10.2 Å². The van der Waals surface area contributed by atoms with Crippen LogP contribution in [0.1, 0.15) is 44.0 Å². The number of fused-ring (bicyclic) bond motifs is 3. The molecule has 1 saturated carbocycles. The molecule has 0 unspecified atom stereocenters. The molecule has 4 rings (SSSR count). The Bertz CT molecular complexity index is 880. The van der Waals surface area contributed by atoms with Gasteiger partial charge in [0.25, 0.3) is 0 Å². The summed E-state index contributed by atoms with van der Waals surface area (Å²) in [6.45, 7) is 0. The van der Waals surface area contributed by atoms with Gasteiger partial charge < -0.3 is 9.55 Å². The van der Waals surface area contributed by atoms with Crippen molar-refractivity contribution in [1.82, 2.24) is 19.5 Å². The number of hydrogen-bond acceptors (Lipinski definition) is 3. The molecule has 0 amide bonds. The van der Waals surface area contributed by atoms with Crippen molar-refractivity contribution in [3.63, 3.8) is 0 Å². The average Bonchev–Trinajstić information content (AvgIpc) is 3.19.